The maximum absolute atomic E-state index is 14.1. The molecule has 0 atom stereocenters. The summed E-state index contributed by atoms with van der Waals surface area (Å²) in [7, 11) is -3.82. The molecule has 2 aliphatic heterocycles. The summed E-state index contributed by atoms with van der Waals surface area (Å²) in [5.41, 5.74) is 0.286. The standard InChI is InChI=1S/C21H23F2N3O5S/c22-15-1-3-18(23)17(13-15)21(27)24-19-14-16(32(28,29)26-7-11-31-12-8-26)2-4-20(19)25-5-9-30-10-6-25/h1-4,13-14H,5-12H2,(H,24,27). The van der Waals surface area contributed by atoms with Crippen molar-refractivity contribution >= 4 is 27.3 Å². The van der Waals surface area contributed by atoms with Crippen LogP contribution in [-0.4, -0.2) is 71.2 Å². The summed E-state index contributed by atoms with van der Waals surface area (Å²) in [4.78, 5) is 14.7. The van der Waals surface area contributed by atoms with E-state index in [1.165, 1.54) is 16.4 Å². The first-order chi connectivity index (χ1) is 15.4. The summed E-state index contributed by atoms with van der Waals surface area (Å²) in [6.07, 6.45) is 0. The monoisotopic (exact) mass is 467 g/mol. The van der Waals surface area contributed by atoms with Crippen molar-refractivity contribution in [3.63, 3.8) is 0 Å². The first-order valence-electron chi connectivity index (χ1n) is 10.2. The number of morpholine rings is 2. The van der Waals surface area contributed by atoms with Crippen molar-refractivity contribution in [3.05, 3.63) is 53.6 Å². The summed E-state index contributed by atoms with van der Waals surface area (Å²) >= 11 is 0. The van der Waals surface area contributed by atoms with E-state index >= 15 is 0 Å². The van der Waals surface area contributed by atoms with Gasteiger partial charge in [-0.15, -0.1) is 0 Å². The molecule has 2 aromatic rings. The fourth-order valence-electron chi connectivity index (χ4n) is 3.65. The van der Waals surface area contributed by atoms with Gasteiger partial charge in [0.2, 0.25) is 10.0 Å². The van der Waals surface area contributed by atoms with E-state index in [-0.39, 0.29) is 23.7 Å². The predicted molar refractivity (Wildman–Crippen MR) is 113 cm³/mol. The zero-order valence-electron chi connectivity index (χ0n) is 17.2. The van der Waals surface area contributed by atoms with Gasteiger partial charge in [0.1, 0.15) is 11.6 Å². The molecule has 172 valence electrons. The van der Waals surface area contributed by atoms with Gasteiger partial charge in [0, 0.05) is 26.2 Å². The lowest BCUT2D eigenvalue weighted by Gasteiger charge is -2.31. The highest BCUT2D eigenvalue weighted by molar-refractivity contribution is 7.89. The molecule has 0 unspecified atom stereocenters. The van der Waals surface area contributed by atoms with Gasteiger partial charge in [-0.2, -0.15) is 4.31 Å². The lowest BCUT2D eigenvalue weighted by Crippen LogP contribution is -2.40. The molecular formula is C21H23F2N3O5S. The molecule has 2 fully saturated rings. The van der Waals surface area contributed by atoms with Crippen molar-refractivity contribution in [2.75, 3.05) is 62.8 Å². The lowest BCUT2D eigenvalue weighted by molar-refractivity contribution is 0.0730. The Bertz CT molecular complexity index is 1100. The average molecular weight is 467 g/mol. The van der Waals surface area contributed by atoms with E-state index in [0.717, 1.165) is 18.2 Å². The number of nitrogens with zero attached hydrogens (tertiary/aromatic N) is 2. The SMILES string of the molecule is O=C(Nc1cc(S(=O)(=O)N2CCOCC2)ccc1N1CCOCC1)c1cc(F)ccc1F. The third kappa shape index (κ3) is 4.75. The molecule has 0 radical (unpaired) electrons. The molecule has 0 bridgehead atoms. The van der Waals surface area contributed by atoms with Crippen molar-refractivity contribution < 1.29 is 31.5 Å². The molecule has 1 N–H and O–H groups in total. The molecule has 2 aliphatic rings. The molecule has 0 saturated carbocycles. The van der Waals surface area contributed by atoms with E-state index in [9.17, 15) is 22.0 Å². The summed E-state index contributed by atoms with van der Waals surface area (Å²) in [5.74, 6) is -2.51. The third-order valence-corrected chi connectivity index (χ3v) is 7.24. The summed E-state index contributed by atoms with van der Waals surface area (Å²) < 4.78 is 65.8. The van der Waals surface area contributed by atoms with Crippen LogP contribution in [0.3, 0.4) is 0 Å². The number of amides is 1. The smallest absolute Gasteiger partial charge is 0.258 e. The lowest BCUT2D eigenvalue weighted by atomic mass is 10.1. The van der Waals surface area contributed by atoms with Gasteiger partial charge in [-0.25, -0.2) is 17.2 Å². The average Bonchev–Trinajstić information content (AvgIpc) is 2.81. The minimum absolute atomic E-state index is 0.00794. The number of sulfonamides is 1. The minimum Gasteiger partial charge on any atom is -0.379 e. The number of ether oxygens (including phenoxy) is 2. The Balaban J connectivity index is 1.70. The number of carbonyl (C=O) groups excluding carboxylic acids is 1. The maximum atomic E-state index is 14.1. The van der Waals surface area contributed by atoms with E-state index in [4.69, 9.17) is 9.47 Å². The predicted octanol–water partition coefficient (Wildman–Crippen LogP) is 2.07. The fraction of sp³-hybridized carbons (Fsp3) is 0.381. The summed E-state index contributed by atoms with van der Waals surface area (Å²) in [6, 6.07) is 7.02. The highest BCUT2D eigenvalue weighted by Gasteiger charge is 2.28. The molecule has 2 heterocycles. The second-order valence-electron chi connectivity index (χ2n) is 7.37. The van der Waals surface area contributed by atoms with Crippen LogP contribution in [0.25, 0.3) is 0 Å². The number of rotatable bonds is 5. The summed E-state index contributed by atoms with van der Waals surface area (Å²) in [6.45, 7) is 3.06. The molecule has 0 spiro atoms. The van der Waals surface area contributed by atoms with E-state index < -0.39 is 33.1 Å². The maximum Gasteiger partial charge on any atom is 0.258 e. The molecule has 8 nitrogen and oxygen atoms in total. The molecule has 32 heavy (non-hydrogen) atoms. The summed E-state index contributed by atoms with van der Waals surface area (Å²) in [5, 5.41) is 2.57. The van der Waals surface area contributed by atoms with Gasteiger partial charge in [0.15, 0.2) is 0 Å². The van der Waals surface area contributed by atoms with Crippen molar-refractivity contribution in [1.82, 2.24) is 4.31 Å². The third-order valence-electron chi connectivity index (χ3n) is 5.35. The number of benzene rings is 2. The second-order valence-corrected chi connectivity index (χ2v) is 9.31. The molecule has 11 heteroatoms. The number of carbonyl (C=O) groups is 1. The van der Waals surface area contributed by atoms with E-state index in [2.05, 4.69) is 5.32 Å². The number of anilines is 2. The van der Waals surface area contributed by atoms with Crippen LogP contribution in [0, 0.1) is 11.6 Å². The Labute approximate surface area is 184 Å². The van der Waals surface area contributed by atoms with Gasteiger partial charge in [-0.1, -0.05) is 0 Å². The molecular weight excluding hydrogens is 444 g/mol. The Kier molecular flexibility index (Phi) is 6.70. The van der Waals surface area contributed by atoms with Gasteiger partial charge >= 0.3 is 0 Å². The highest BCUT2D eigenvalue weighted by atomic mass is 32.2. The highest BCUT2D eigenvalue weighted by Crippen LogP contribution is 2.31. The van der Waals surface area contributed by atoms with Crippen molar-refractivity contribution in [3.8, 4) is 0 Å². The van der Waals surface area contributed by atoms with Crippen LogP contribution in [0.4, 0.5) is 20.2 Å². The molecule has 0 aromatic heterocycles. The zero-order valence-corrected chi connectivity index (χ0v) is 18.0. The van der Waals surface area contributed by atoms with Crippen molar-refractivity contribution in [2.45, 2.75) is 4.90 Å². The quantitative estimate of drug-likeness (QED) is 0.725. The Morgan fingerprint density at radius 3 is 2.25 bits per heavy atom. The number of hydrogen-bond donors (Lipinski definition) is 1. The van der Waals surface area contributed by atoms with Crippen LogP contribution in [-0.2, 0) is 19.5 Å². The number of halogens is 2. The van der Waals surface area contributed by atoms with Crippen molar-refractivity contribution in [1.29, 1.82) is 0 Å². The van der Waals surface area contributed by atoms with Crippen LogP contribution >= 0.6 is 0 Å². The Hall–Kier alpha value is -2.60. The van der Waals surface area contributed by atoms with Gasteiger partial charge in [0.25, 0.3) is 5.91 Å². The Morgan fingerprint density at radius 1 is 0.906 bits per heavy atom. The number of hydrogen-bond acceptors (Lipinski definition) is 6. The number of nitrogens with one attached hydrogen (secondary N) is 1. The normalized spacial score (nSPS) is 17.9. The van der Waals surface area contributed by atoms with Crippen LogP contribution in [0.15, 0.2) is 41.3 Å². The Morgan fingerprint density at radius 2 is 1.56 bits per heavy atom. The first kappa shape index (κ1) is 22.6. The minimum atomic E-state index is -3.82. The van der Waals surface area contributed by atoms with Gasteiger partial charge < -0.3 is 19.7 Å². The molecule has 0 aliphatic carbocycles. The molecule has 2 saturated heterocycles. The second kappa shape index (κ2) is 9.49. The van der Waals surface area contributed by atoms with Gasteiger partial charge in [-0.3, -0.25) is 4.79 Å². The zero-order chi connectivity index (χ0) is 22.7. The van der Waals surface area contributed by atoms with Crippen LogP contribution < -0.4 is 10.2 Å². The van der Waals surface area contributed by atoms with Gasteiger partial charge in [0.05, 0.1) is 48.3 Å². The molecule has 1 amide bonds. The van der Waals surface area contributed by atoms with Crippen LogP contribution in [0.1, 0.15) is 10.4 Å². The van der Waals surface area contributed by atoms with Gasteiger partial charge in [-0.05, 0) is 36.4 Å². The van der Waals surface area contributed by atoms with E-state index in [0.29, 0.717) is 45.2 Å². The van der Waals surface area contributed by atoms with E-state index in [1.54, 1.807) is 6.07 Å². The van der Waals surface area contributed by atoms with Crippen LogP contribution in [0.5, 0.6) is 0 Å². The topological polar surface area (TPSA) is 88.2 Å². The first-order valence-corrected chi connectivity index (χ1v) is 11.6. The fourth-order valence-corrected chi connectivity index (χ4v) is 5.09. The largest absolute Gasteiger partial charge is 0.379 e. The molecule has 4 rings (SSSR count). The molecule has 2 aromatic carbocycles. The van der Waals surface area contributed by atoms with E-state index in [1.807, 2.05) is 4.90 Å². The van der Waals surface area contributed by atoms with Crippen molar-refractivity contribution in [2.24, 2.45) is 0 Å². The van der Waals surface area contributed by atoms with Crippen LogP contribution in [0.2, 0.25) is 0 Å².